The van der Waals surface area contributed by atoms with Crippen molar-refractivity contribution in [3.05, 3.63) is 58.6 Å². The normalized spacial score (nSPS) is 17.9. The number of nitrogens with zero attached hydrogens (tertiary/aromatic N) is 1. The van der Waals surface area contributed by atoms with Crippen molar-refractivity contribution in [2.75, 3.05) is 27.3 Å². The Hall–Kier alpha value is -2.24. The lowest BCUT2D eigenvalue weighted by atomic mass is 9.95. The average Bonchev–Trinajstić information content (AvgIpc) is 2.78. The summed E-state index contributed by atoms with van der Waals surface area (Å²) in [5.41, 5.74) is 2.13. The number of halogens is 1. The lowest BCUT2D eigenvalue weighted by Gasteiger charge is -2.33. The third-order valence-corrected chi connectivity index (χ3v) is 6.13. The molecular weight excluding hydrogens is 400 g/mol. The Morgan fingerprint density at radius 1 is 1.20 bits per heavy atom. The van der Waals surface area contributed by atoms with Crippen LogP contribution < -0.4 is 14.8 Å². The third kappa shape index (κ3) is 5.46. The number of carbonyl (C=O) groups is 1. The highest BCUT2D eigenvalue weighted by molar-refractivity contribution is 6.31. The fourth-order valence-corrected chi connectivity index (χ4v) is 4.26. The van der Waals surface area contributed by atoms with Crippen LogP contribution in [-0.4, -0.2) is 38.1 Å². The average molecular weight is 431 g/mol. The summed E-state index contributed by atoms with van der Waals surface area (Å²) in [6.07, 6.45) is 2.72. The van der Waals surface area contributed by atoms with Crippen molar-refractivity contribution in [2.45, 2.75) is 38.8 Å². The van der Waals surface area contributed by atoms with Crippen molar-refractivity contribution < 1.29 is 14.3 Å². The van der Waals surface area contributed by atoms with Crippen molar-refractivity contribution in [3.8, 4) is 11.5 Å². The lowest BCUT2D eigenvalue weighted by molar-refractivity contribution is -0.127. The number of nitrogens with one attached hydrogen (secondary N) is 1. The number of hydrogen-bond donors (Lipinski definition) is 1. The molecule has 1 N–H and O–H groups in total. The van der Waals surface area contributed by atoms with E-state index in [1.165, 1.54) is 0 Å². The van der Waals surface area contributed by atoms with Gasteiger partial charge in [0, 0.05) is 18.1 Å². The number of carbonyl (C=O) groups excluding carboxylic acids is 1. The van der Waals surface area contributed by atoms with E-state index in [9.17, 15) is 4.79 Å². The maximum absolute atomic E-state index is 13.1. The molecule has 0 saturated carbocycles. The Bertz CT molecular complexity index is 858. The van der Waals surface area contributed by atoms with Crippen LogP contribution in [0, 0.1) is 5.92 Å². The molecule has 2 unspecified atom stereocenters. The molecule has 2 aromatic rings. The molecule has 1 amide bonds. The Kier molecular flexibility index (Phi) is 8.00. The highest BCUT2D eigenvalue weighted by Crippen LogP contribution is 2.31. The van der Waals surface area contributed by atoms with Crippen LogP contribution in [-0.2, 0) is 11.3 Å². The molecule has 1 fully saturated rings. The number of piperidine rings is 1. The number of methoxy groups -OCH3 is 2. The summed E-state index contributed by atoms with van der Waals surface area (Å²) in [7, 11) is 3.24. The molecule has 30 heavy (non-hydrogen) atoms. The number of benzene rings is 2. The van der Waals surface area contributed by atoms with E-state index in [0.717, 1.165) is 55.0 Å². The standard InChI is InChI=1S/C24H31ClN2O3/c1-4-21(17-11-12-22(29-2)23(14-17)30-3)26-24(28)19-9-7-13-27(16-19)15-18-8-5-6-10-20(18)25/h5-6,8,10-12,14,19,21H,4,7,9,13,15-16H2,1-3H3,(H,26,28). The minimum Gasteiger partial charge on any atom is -0.493 e. The van der Waals surface area contributed by atoms with E-state index in [1.54, 1.807) is 14.2 Å². The van der Waals surface area contributed by atoms with E-state index in [0.29, 0.717) is 11.5 Å². The fourth-order valence-electron chi connectivity index (χ4n) is 4.06. The largest absolute Gasteiger partial charge is 0.493 e. The summed E-state index contributed by atoms with van der Waals surface area (Å²) in [5, 5.41) is 4.03. The van der Waals surface area contributed by atoms with Gasteiger partial charge in [-0.25, -0.2) is 0 Å². The van der Waals surface area contributed by atoms with Gasteiger partial charge in [-0.1, -0.05) is 42.8 Å². The Morgan fingerprint density at radius 3 is 2.67 bits per heavy atom. The smallest absolute Gasteiger partial charge is 0.224 e. The first-order chi connectivity index (χ1) is 14.5. The van der Waals surface area contributed by atoms with Gasteiger partial charge in [-0.2, -0.15) is 0 Å². The van der Waals surface area contributed by atoms with Crippen molar-refractivity contribution in [2.24, 2.45) is 5.92 Å². The highest BCUT2D eigenvalue weighted by Gasteiger charge is 2.27. The van der Waals surface area contributed by atoms with Gasteiger partial charge in [0.15, 0.2) is 11.5 Å². The van der Waals surface area contributed by atoms with E-state index in [1.807, 2.05) is 36.4 Å². The van der Waals surface area contributed by atoms with Gasteiger partial charge in [-0.3, -0.25) is 9.69 Å². The molecule has 162 valence electrons. The van der Waals surface area contributed by atoms with Gasteiger partial charge in [0.1, 0.15) is 0 Å². The van der Waals surface area contributed by atoms with Crippen LogP contribution in [0.25, 0.3) is 0 Å². The van der Waals surface area contributed by atoms with E-state index >= 15 is 0 Å². The van der Waals surface area contributed by atoms with Gasteiger partial charge >= 0.3 is 0 Å². The van der Waals surface area contributed by atoms with E-state index in [4.69, 9.17) is 21.1 Å². The second-order valence-corrected chi connectivity index (χ2v) is 8.16. The molecule has 1 aliphatic rings. The molecule has 1 heterocycles. The number of ether oxygens (including phenoxy) is 2. The molecular formula is C24H31ClN2O3. The maximum atomic E-state index is 13.1. The van der Waals surface area contributed by atoms with Crippen LogP contribution in [0.2, 0.25) is 5.02 Å². The molecule has 0 bridgehead atoms. The number of amides is 1. The Balaban J connectivity index is 1.64. The third-order valence-electron chi connectivity index (χ3n) is 5.76. The van der Waals surface area contributed by atoms with Gasteiger partial charge in [-0.15, -0.1) is 0 Å². The van der Waals surface area contributed by atoms with Gasteiger partial charge in [0.25, 0.3) is 0 Å². The topological polar surface area (TPSA) is 50.8 Å². The van der Waals surface area contributed by atoms with Gasteiger partial charge in [0.05, 0.1) is 26.2 Å². The van der Waals surface area contributed by atoms with Crippen LogP contribution in [0.5, 0.6) is 11.5 Å². The van der Waals surface area contributed by atoms with Crippen molar-refractivity contribution >= 4 is 17.5 Å². The van der Waals surface area contributed by atoms with Crippen molar-refractivity contribution in [3.63, 3.8) is 0 Å². The first-order valence-electron chi connectivity index (χ1n) is 10.5. The van der Waals surface area contributed by atoms with E-state index in [2.05, 4.69) is 23.2 Å². The number of hydrogen-bond acceptors (Lipinski definition) is 4. The minimum atomic E-state index is -0.0590. The van der Waals surface area contributed by atoms with Crippen LogP contribution in [0.1, 0.15) is 43.4 Å². The summed E-state index contributed by atoms with van der Waals surface area (Å²) in [4.78, 5) is 15.4. The number of rotatable bonds is 8. The van der Waals surface area contributed by atoms with Crippen LogP contribution in [0.15, 0.2) is 42.5 Å². The first kappa shape index (κ1) is 22.4. The van der Waals surface area contributed by atoms with Crippen LogP contribution in [0.3, 0.4) is 0 Å². The van der Waals surface area contributed by atoms with Crippen LogP contribution >= 0.6 is 11.6 Å². The van der Waals surface area contributed by atoms with Crippen LogP contribution in [0.4, 0.5) is 0 Å². The summed E-state index contributed by atoms with van der Waals surface area (Å²) in [5.74, 6) is 1.45. The predicted octanol–water partition coefficient (Wildman–Crippen LogP) is 4.84. The highest BCUT2D eigenvalue weighted by atomic mass is 35.5. The maximum Gasteiger partial charge on any atom is 0.224 e. The summed E-state index contributed by atoms with van der Waals surface area (Å²) < 4.78 is 10.7. The molecule has 5 nitrogen and oxygen atoms in total. The first-order valence-corrected chi connectivity index (χ1v) is 10.9. The Labute approximate surface area is 184 Å². The molecule has 1 aliphatic heterocycles. The zero-order chi connectivity index (χ0) is 21.5. The summed E-state index contributed by atoms with van der Waals surface area (Å²) in [6, 6.07) is 13.7. The van der Waals surface area contributed by atoms with E-state index < -0.39 is 0 Å². The second kappa shape index (κ2) is 10.7. The van der Waals surface area contributed by atoms with Crippen molar-refractivity contribution in [1.29, 1.82) is 0 Å². The molecule has 0 spiro atoms. The fraction of sp³-hybridized carbons (Fsp3) is 0.458. The minimum absolute atomic E-state index is 0.0181. The molecule has 0 aliphatic carbocycles. The second-order valence-electron chi connectivity index (χ2n) is 7.75. The summed E-state index contributed by atoms with van der Waals surface area (Å²) >= 11 is 6.32. The summed E-state index contributed by atoms with van der Waals surface area (Å²) in [6.45, 7) is 4.59. The zero-order valence-corrected chi connectivity index (χ0v) is 18.7. The molecule has 2 aromatic carbocycles. The van der Waals surface area contributed by atoms with Crippen molar-refractivity contribution in [1.82, 2.24) is 10.2 Å². The Morgan fingerprint density at radius 2 is 1.97 bits per heavy atom. The quantitative estimate of drug-likeness (QED) is 0.651. The molecule has 3 rings (SSSR count). The SMILES string of the molecule is CCC(NC(=O)C1CCCN(Cc2ccccc2Cl)C1)c1ccc(OC)c(OC)c1. The van der Waals surface area contributed by atoms with Gasteiger partial charge < -0.3 is 14.8 Å². The molecule has 0 radical (unpaired) electrons. The van der Waals surface area contributed by atoms with Gasteiger partial charge in [0.2, 0.25) is 5.91 Å². The zero-order valence-electron chi connectivity index (χ0n) is 18.0. The molecule has 1 saturated heterocycles. The van der Waals surface area contributed by atoms with E-state index in [-0.39, 0.29) is 17.9 Å². The lowest BCUT2D eigenvalue weighted by Crippen LogP contribution is -2.43. The predicted molar refractivity (Wildman–Crippen MR) is 120 cm³/mol. The van der Waals surface area contributed by atoms with Gasteiger partial charge in [-0.05, 0) is 55.1 Å². The number of likely N-dealkylation sites (tertiary alicyclic amines) is 1. The molecule has 0 aromatic heterocycles. The monoisotopic (exact) mass is 430 g/mol. The molecule has 6 heteroatoms. The molecule has 2 atom stereocenters.